The zero-order valence-electron chi connectivity index (χ0n) is 11.8. The first-order chi connectivity index (χ1) is 7.93. The monoisotopic (exact) mass is 248 g/mol. The Kier molecular flexibility index (Phi) is 2.49. The average molecular weight is 248 g/mol. The van der Waals surface area contributed by atoms with Gasteiger partial charge in [0.1, 0.15) is 0 Å². The van der Waals surface area contributed by atoms with Crippen LogP contribution in [0.4, 0.5) is 0 Å². The second-order valence-corrected chi connectivity index (χ2v) is 8.28. The lowest BCUT2D eigenvalue weighted by Crippen LogP contribution is -2.30. The summed E-state index contributed by atoms with van der Waals surface area (Å²) in [7, 11) is 0. The quantitative estimate of drug-likeness (QED) is 0.594. The van der Waals surface area contributed by atoms with E-state index in [-0.39, 0.29) is 0 Å². The first kappa shape index (κ1) is 11.8. The molecule has 0 saturated heterocycles. The van der Waals surface area contributed by atoms with E-state index in [9.17, 15) is 0 Å². The van der Waals surface area contributed by atoms with Crippen LogP contribution in [0.1, 0.15) is 66.8 Å². The fraction of sp³-hybridized carbons (Fsp3) is 0.750. The minimum absolute atomic E-state index is 0.426. The van der Waals surface area contributed by atoms with Crippen LogP contribution in [0.15, 0.2) is 0 Å². The molecule has 1 saturated carbocycles. The lowest BCUT2D eigenvalue weighted by atomic mass is 9.67. The SMILES string of the molecule is Cc1sc(C)c2c1[C@@H]1C[C@H](C)CC[C@@H]1C2(C)C. The minimum atomic E-state index is 0.426. The van der Waals surface area contributed by atoms with E-state index in [1.165, 1.54) is 19.3 Å². The number of rotatable bonds is 0. The Morgan fingerprint density at radius 3 is 2.53 bits per heavy atom. The number of aryl methyl sites for hydroxylation is 2. The van der Waals surface area contributed by atoms with E-state index in [4.69, 9.17) is 0 Å². The molecule has 1 aromatic heterocycles. The Morgan fingerprint density at radius 1 is 1.12 bits per heavy atom. The van der Waals surface area contributed by atoms with Crippen molar-refractivity contribution in [2.45, 2.75) is 65.2 Å². The zero-order valence-corrected chi connectivity index (χ0v) is 12.6. The number of fused-ring (bicyclic) bond motifs is 3. The third-order valence-electron chi connectivity index (χ3n) is 5.36. The highest BCUT2D eigenvalue weighted by atomic mass is 32.1. The molecule has 0 radical (unpaired) electrons. The van der Waals surface area contributed by atoms with Crippen molar-refractivity contribution in [1.82, 2.24) is 0 Å². The highest BCUT2D eigenvalue weighted by molar-refractivity contribution is 7.12. The first-order valence-corrected chi connectivity index (χ1v) is 7.85. The molecule has 0 aromatic carbocycles. The molecule has 0 aliphatic heterocycles. The lowest BCUT2D eigenvalue weighted by Gasteiger charge is -2.38. The van der Waals surface area contributed by atoms with E-state index in [0.29, 0.717) is 5.41 Å². The van der Waals surface area contributed by atoms with Crippen LogP contribution in [0.25, 0.3) is 0 Å². The Hall–Kier alpha value is -0.300. The molecule has 2 aliphatic carbocycles. The van der Waals surface area contributed by atoms with Crippen LogP contribution in [0.5, 0.6) is 0 Å². The third-order valence-corrected chi connectivity index (χ3v) is 6.40. The molecule has 0 bridgehead atoms. The summed E-state index contributed by atoms with van der Waals surface area (Å²) >= 11 is 2.03. The van der Waals surface area contributed by atoms with E-state index in [1.54, 1.807) is 20.9 Å². The molecular formula is C16H24S. The predicted molar refractivity (Wildman–Crippen MR) is 76.1 cm³/mol. The topological polar surface area (TPSA) is 0 Å². The van der Waals surface area contributed by atoms with Crippen LogP contribution in [0, 0.1) is 25.7 Å². The van der Waals surface area contributed by atoms with Crippen LogP contribution in [0.2, 0.25) is 0 Å². The van der Waals surface area contributed by atoms with Gasteiger partial charge in [-0.15, -0.1) is 11.3 Å². The van der Waals surface area contributed by atoms with E-state index < -0.39 is 0 Å². The first-order valence-electron chi connectivity index (χ1n) is 7.03. The molecule has 1 fully saturated rings. The molecule has 17 heavy (non-hydrogen) atoms. The van der Waals surface area contributed by atoms with Gasteiger partial charge in [0.15, 0.2) is 0 Å². The van der Waals surface area contributed by atoms with Gasteiger partial charge in [0.2, 0.25) is 0 Å². The molecule has 0 spiro atoms. The Morgan fingerprint density at radius 2 is 1.82 bits per heavy atom. The van der Waals surface area contributed by atoms with Crippen LogP contribution < -0.4 is 0 Å². The van der Waals surface area contributed by atoms with Gasteiger partial charge in [0.05, 0.1) is 0 Å². The number of thiophene rings is 1. The summed E-state index contributed by atoms with van der Waals surface area (Å²) in [5, 5.41) is 0. The smallest absolute Gasteiger partial charge is 0.00575 e. The molecule has 2 aliphatic rings. The molecule has 1 heterocycles. The molecule has 94 valence electrons. The second-order valence-electron chi connectivity index (χ2n) is 6.86. The maximum Gasteiger partial charge on any atom is 0.00575 e. The van der Waals surface area contributed by atoms with Gasteiger partial charge in [-0.25, -0.2) is 0 Å². The highest BCUT2D eigenvalue weighted by Gasteiger charge is 2.50. The lowest BCUT2D eigenvalue weighted by molar-refractivity contribution is 0.195. The second kappa shape index (κ2) is 3.60. The maximum atomic E-state index is 2.49. The van der Waals surface area contributed by atoms with Crippen molar-refractivity contribution in [1.29, 1.82) is 0 Å². The van der Waals surface area contributed by atoms with E-state index in [0.717, 1.165) is 17.8 Å². The molecule has 1 aromatic rings. The number of hydrogen-bond acceptors (Lipinski definition) is 1. The molecular weight excluding hydrogens is 224 g/mol. The van der Waals surface area contributed by atoms with Gasteiger partial charge in [-0.2, -0.15) is 0 Å². The van der Waals surface area contributed by atoms with E-state index >= 15 is 0 Å². The van der Waals surface area contributed by atoms with Crippen LogP contribution >= 0.6 is 11.3 Å². The van der Waals surface area contributed by atoms with Crippen LogP contribution in [-0.4, -0.2) is 0 Å². The Bertz CT molecular complexity index is 452. The number of hydrogen-bond donors (Lipinski definition) is 0. The van der Waals surface area contributed by atoms with Gasteiger partial charge < -0.3 is 0 Å². The van der Waals surface area contributed by atoms with Crippen molar-refractivity contribution >= 4 is 11.3 Å². The van der Waals surface area contributed by atoms with E-state index in [1.807, 2.05) is 11.3 Å². The molecule has 3 rings (SSSR count). The third kappa shape index (κ3) is 1.47. The summed E-state index contributed by atoms with van der Waals surface area (Å²) in [6.45, 7) is 12.1. The van der Waals surface area contributed by atoms with Gasteiger partial charge in [0.25, 0.3) is 0 Å². The molecule has 0 nitrogen and oxygen atoms in total. The summed E-state index contributed by atoms with van der Waals surface area (Å²) in [4.78, 5) is 3.19. The van der Waals surface area contributed by atoms with Gasteiger partial charge in [-0.05, 0) is 61.0 Å². The summed E-state index contributed by atoms with van der Waals surface area (Å²) in [5.74, 6) is 2.71. The van der Waals surface area contributed by atoms with Crippen molar-refractivity contribution in [2.75, 3.05) is 0 Å². The van der Waals surface area contributed by atoms with Gasteiger partial charge in [-0.1, -0.05) is 27.2 Å². The minimum Gasteiger partial charge on any atom is -0.145 e. The Labute approximate surface area is 109 Å². The van der Waals surface area contributed by atoms with Crippen molar-refractivity contribution in [3.63, 3.8) is 0 Å². The fourth-order valence-corrected chi connectivity index (χ4v) is 6.00. The van der Waals surface area contributed by atoms with Crippen molar-refractivity contribution in [3.05, 3.63) is 20.9 Å². The standard InChI is InChI=1S/C16H24S/c1-9-6-7-13-12(8-9)14-10(2)17-11(3)15(14)16(13,4)5/h9,12-13H,6-8H2,1-5H3/t9-,12-,13+/m1/s1. The molecule has 0 N–H and O–H groups in total. The normalized spacial score (nSPS) is 34.5. The Balaban J connectivity index is 2.15. The predicted octanol–water partition coefficient (Wildman–Crippen LogP) is 5.18. The van der Waals surface area contributed by atoms with Crippen molar-refractivity contribution < 1.29 is 0 Å². The summed E-state index contributed by atoms with van der Waals surface area (Å²) in [5.41, 5.74) is 3.91. The zero-order chi connectivity index (χ0) is 12.4. The molecule has 0 amide bonds. The fourth-order valence-electron chi connectivity index (χ4n) is 4.70. The highest BCUT2D eigenvalue weighted by Crippen LogP contribution is 2.60. The molecule has 1 heteroatoms. The maximum absolute atomic E-state index is 2.49. The van der Waals surface area contributed by atoms with E-state index in [2.05, 4.69) is 34.6 Å². The van der Waals surface area contributed by atoms with Crippen LogP contribution in [0.3, 0.4) is 0 Å². The summed E-state index contributed by atoms with van der Waals surface area (Å²) in [6.07, 6.45) is 4.31. The van der Waals surface area contributed by atoms with Crippen LogP contribution in [-0.2, 0) is 5.41 Å². The van der Waals surface area contributed by atoms with Crippen molar-refractivity contribution in [3.8, 4) is 0 Å². The molecule has 0 unspecified atom stereocenters. The van der Waals surface area contributed by atoms with Gasteiger partial charge >= 0.3 is 0 Å². The summed E-state index contributed by atoms with van der Waals surface area (Å²) < 4.78 is 0. The summed E-state index contributed by atoms with van der Waals surface area (Å²) in [6, 6.07) is 0. The molecule has 3 atom stereocenters. The van der Waals surface area contributed by atoms with Gasteiger partial charge in [-0.3, -0.25) is 0 Å². The van der Waals surface area contributed by atoms with Gasteiger partial charge in [0, 0.05) is 9.75 Å². The largest absolute Gasteiger partial charge is 0.145 e. The average Bonchev–Trinajstić information content (AvgIpc) is 2.64. The van der Waals surface area contributed by atoms with Crippen molar-refractivity contribution in [2.24, 2.45) is 11.8 Å².